The molecule has 0 aliphatic rings. The van der Waals surface area contributed by atoms with E-state index in [-0.39, 0.29) is 10.0 Å². The second-order valence-electron chi connectivity index (χ2n) is 3.98. The Balaban J connectivity index is 2.29. The molecule has 1 heterocycles. The third-order valence-electron chi connectivity index (χ3n) is 2.90. The lowest BCUT2D eigenvalue weighted by Gasteiger charge is -2.08. The second-order valence-corrected chi connectivity index (χ2v) is 4.77. The van der Waals surface area contributed by atoms with Crippen LogP contribution in [0.3, 0.4) is 0 Å². The molecule has 0 aliphatic carbocycles. The number of halogens is 2. The Morgan fingerprint density at radius 2 is 2.00 bits per heavy atom. The van der Waals surface area contributed by atoms with Crippen molar-refractivity contribution in [2.75, 3.05) is 0 Å². The molecule has 0 aliphatic heterocycles. The van der Waals surface area contributed by atoms with Crippen LogP contribution in [0, 0.1) is 17.1 Å². The van der Waals surface area contributed by atoms with Gasteiger partial charge in [-0.25, -0.2) is 9.37 Å². The number of aromatic nitrogens is 2. The highest BCUT2D eigenvalue weighted by atomic mass is 79.9. The summed E-state index contributed by atoms with van der Waals surface area (Å²) in [6.07, 6.45) is 1.57. The monoisotopic (exact) mass is 315 g/mol. The minimum absolute atomic E-state index is 0.172. The van der Waals surface area contributed by atoms with Crippen molar-refractivity contribution in [3.05, 3.63) is 58.6 Å². The SMILES string of the molecule is N#Cc1ccc(-n2cnc3ccccc32)c(F)c1Br. The van der Waals surface area contributed by atoms with Gasteiger partial charge in [0, 0.05) is 0 Å². The van der Waals surface area contributed by atoms with Crippen LogP contribution >= 0.6 is 15.9 Å². The molecule has 0 radical (unpaired) electrons. The van der Waals surface area contributed by atoms with Gasteiger partial charge < -0.3 is 0 Å². The lowest BCUT2D eigenvalue weighted by atomic mass is 10.2. The smallest absolute Gasteiger partial charge is 0.162 e. The van der Waals surface area contributed by atoms with Crippen LogP contribution in [0.25, 0.3) is 16.7 Å². The molecule has 5 heteroatoms. The van der Waals surface area contributed by atoms with Gasteiger partial charge in [-0.1, -0.05) is 12.1 Å². The van der Waals surface area contributed by atoms with Crippen LogP contribution in [0.4, 0.5) is 4.39 Å². The molecule has 0 bridgehead atoms. The number of hydrogen-bond donors (Lipinski definition) is 0. The van der Waals surface area contributed by atoms with Crippen molar-refractivity contribution in [2.24, 2.45) is 0 Å². The Morgan fingerprint density at radius 1 is 1.21 bits per heavy atom. The molecule has 0 unspecified atom stereocenters. The number of benzene rings is 2. The first-order chi connectivity index (χ1) is 9.22. The Bertz CT molecular complexity index is 817. The van der Waals surface area contributed by atoms with E-state index in [1.54, 1.807) is 23.0 Å². The highest BCUT2D eigenvalue weighted by Gasteiger charge is 2.14. The molecule has 0 saturated carbocycles. The number of rotatable bonds is 1. The van der Waals surface area contributed by atoms with Crippen LogP contribution < -0.4 is 0 Å². The zero-order valence-corrected chi connectivity index (χ0v) is 11.2. The summed E-state index contributed by atoms with van der Waals surface area (Å²) in [4.78, 5) is 4.22. The molecule has 2 aromatic carbocycles. The van der Waals surface area contributed by atoms with Crippen LogP contribution in [-0.2, 0) is 0 Å². The fourth-order valence-electron chi connectivity index (χ4n) is 1.96. The van der Waals surface area contributed by atoms with Crippen LogP contribution in [0.15, 0.2) is 47.2 Å². The number of para-hydroxylation sites is 2. The first kappa shape index (κ1) is 11.9. The summed E-state index contributed by atoms with van der Waals surface area (Å²) in [7, 11) is 0. The molecule has 0 N–H and O–H groups in total. The van der Waals surface area contributed by atoms with Crippen molar-refractivity contribution in [3.63, 3.8) is 0 Å². The Hall–Kier alpha value is -2.19. The number of nitrogens with zero attached hydrogens (tertiary/aromatic N) is 3. The highest BCUT2D eigenvalue weighted by molar-refractivity contribution is 9.10. The van der Waals surface area contributed by atoms with E-state index in [9.17, 15) is 4.39 Å². The Kier molecular flexibility index (Phi) is 2.80. The second kappa shape index (κ2) is 4.48. The minimum Gasteiger partial charge on any atom is -0.296 e. The molecular weight excluding hydrogens is 309 g/mol. The molecule has 3 rings (SSSR count). The topological polar surface area (TPSA) is 41.6 Å². The predicted octanol–water partition coefficient (Wildman–Crippen LogP) is 3.80. The van der Waals surface area contributed by atoms with E-state index in [1.807, 2.05) is 30.3 Å². The molecule has 1 aromatic heterocycles. The zero-order chi connectivity index (χ0) is 13.4. The average Bonchev–Trinajstić information content (AvgIpc) is 2.86. The van der Waals surface area contributed by atoms with E-state index in [1.165, 1.54) is 0 Å². The van der Waals surface area contributed by atoms with E-state index >= 15 is 0 Å². The number of nitriles is 1. The largest absolute Gasteiger partial charge is 0.296 e. The van der Waals surface area contributed by atoms with Crippen molar-refractivity contribution in [1.29, 1.82) is 5.26 Å². The first-order valence-corrected chi connectivity index (χ1v) is 6.32. The van der Waals surface area contributed by atoms with Crippen LogP contribution in [0.2, 0.25) is 0 Å². The summed E-state index contributed by atoms with van der Waals surface area (Å²) in [5, 5.41) is 8.87. The molecule has 3 aromatic rings. The molecule has 0 spiro atoms. The molecule has 19 heavy (non-hydrogen) atoms. The van der Waals surface area contributed by atoms with E-state index < -0.39 is 5.82 Å². The van der Waals surface area contributed by atoms with Gasteiger partial charge in [0.05, 0.1) is 26.8 Å². The zero-order valence-electron chi connectivity index (χ0n) is 9.64. The third kappa shape index (κ3) is 1.81. The maximum atomic E-state index is 14.3. The molecule has 0 amide bonds. The normalized spacial score (nSPS) is 10.6. The predicted molar refractivity (Wildman–Crippen MR) is 73.4 cm³/mol. The lowest BCUT2D eigenvalue weighted by Crippen LogP contribution is -1.98. The summed E-state index contributed by atoms with van der Waals surface area (Å²) in [5.41, 5.74) is 2.24. The number of imidazole rings is 1. The average molecular weight is 316 g/mol. The molecule has 0 saturated heterocycles. The molecular formula is C14H7BrFN3. The van der Waals surface area contributed by atoms with Gasteiger partial charge in [-0.2, -0.15) is 5.26 Å². The van der Waals surface area contributed by atoms with Gasteiger partial charge in [0.2, 0.25) is 0 Å². The van der Waals surface area contributed by atoms with Crippen LogP contribution in [0.1, 0.15) is 5.56 Å². The standard InChI is InChI=1S/C14H7BrFN3/c15-13-9(7-17)5-6-12(14(13)16)19-8-18-10-3-1-2-4-11(10)19/h1-6,8H. The first-order valence-electron chi connectivity index (χ1n) is 5.53. The van der Waals surface area contributed by atoms with Crippen molar-refractivity contribution >= 4 is 27.0 Å². The Morgan fingerprint density at radius 3 is 2.79 bits per heavy atom. The molecule has 3 nitrogen and oxygen atoms in total. The summed E-state index contributed by atoms with van der Waals surface area (Å²) in [6.45, 7) is 0. The van der Waals surface area contributed by atoms with Gasteiger partial charge in [-0.05, 0) is 40.2 Å². The summed E-state index contributed by atoms with van der Waals surface area (Å²) >= 11 is 3.11. The number of hydrogen-bond acceptors (Lipinski definition) is 2. The van der Waals surface area contributed by atoms with Crippen LogP contribution in [-0.4, -0.2) is 9.55 Å². The molecule has 92 valence electrons. The summed E-state index contributed by atoms with van der Waals surface area (Å²) in [6, 6.07) is 12.6. The van der Waals surface area contributed by atoms with E-state index in [2.05, 4.69) is 20.9 Å². The maximum absolute atomic E-state index is 14.3. The fraction of sp³-hybridized carbons (Fsp3) is 0. The van der Waals surface area contributed by atoms with Crippen molar-refractivity contribution in [2.45, 2.75) is 0 Å². The van der Waals surface area contributed by atoms with E-state index in [0.717, 1.165) is 11.0 Å². The Labute approximate surface area is 117 Å². The maximum Gasteiger partial charge on any atom is 0.162 e. The summed E-state index contributed by atoms with van der Waals surface area (Å²) in [5.74, 6) is -0.470. The van der Waals surface area contributed by atoms with Gasteiger partial charge in [0.25, 0.3) is 0 Å². The van der Waals surface area contributed by atoms with Gasteiger partial charge in [-0.3, -0.25) is 4.57 Å². The third-order valence-corrected chi connectivity index (χ3v) is 3.67. The lowest BCUT2D eigenvalue weighted by molar-refractivity contribution is 0.612. The fourth-order valence-corrected chi connectivity index (χ4v) is 2.39. The van der Waals surface area contributed by atoms with Crippen molar-refractivity contribution in [3.8, 4) is 11.8 Å². The van der Waals surface area contributed by atoms with Crippen molar-refractivity contribution < 1.29 is 4.39 Å². The molecule has 0 atom stereocenters. The quantitative estimate of drug-likeness (QED) is 0.685. The minimum atomic E-state index is -0.470. The van der Waals surface area contributed by atoms with Gasteiger partial charge >= 0.3 is 0 Å². The van der Waals surface area contributed by atoms with Crippen LogP contribution in [0.5, 0.6) is 0 Å². The van der Waals surface area contributed by atoms with E-state index in [4.69, 9.17) is 5.26 Å². The highest BCUT2D eigenvalue weighted by Crippen LogP contribution is 2.27. The van der Waals surface area contributed by atoms with Gasteiger partial charge in [0.1, 0.15) is 12.4 Å². The van der Waals surface area contributed by atoms with E-state index in [0.29, 0.717) is 5.69 Å². The summed E-state index contributed by atoms with van der Waals surface area (Å²) < 4.78 is 16.1. The molecule has 0 fully saturated rings. The van der Waals surface area contributed by atoms with Crippen molar-refractivity contribution in [1.82, 2.24) is 9.55 Å². The van der Waals surface area contributed by atoms with Gasteiger partial charge in [-0.15, -0.1) is 0 Å². The van der Waals surface area contributed by atoms with Gasteiger partial charge in [0.15, 0.2) is 5.82 Å². The number of fused-ring (bicyclic) bond motifs is 1.